The number of hydrogen-bond acceptors (Lipinski definition) is 3. The zero-order valence-electron chi connectivity index (χ0n) is 8.03. The van der Waals surface area contributed by atoms with Crippen LogP contribution in [0.25, 0.3) is 0 Å². The van der Waals surface area contributed by atoms with E-state index in [1.54, 1.807) is 6.92 Å². The van der Waals surface area contributed by atoms with Gasteiger partial charge in [0.15, 0.2) is 5.78 Å². The normalized spacial score (nSPS) is 29.0. The lowest BCUT2D eigenvalue weighted by atomic mass is 9.87. The highest BCUT2D eigenvalue weighted by atomic mass is 16.3. The van der Waals surface area contributed by atoms with E-state index in [9.17, 15) is 4.79 Å². The zero-order valence-corrected chi connectivity index (χ0v) is 8.03. The Labute approximate surface area is 82.8 Å². The van der Waals surface area contributed by atoms with Crippen molar-refractivity contribution in [3.05, 3.63) is 35.6 Å². The molecule has 2 rings (SSSR count). The predicted molar refractivity (Wildman–Crippen MR) is 53.5 cm³/mol. The molecular weight excluding hydrogens is 178 g/mol. The number of allylic oxidation sites excluding steroid dienone is 2. The Morgan fingerprint density at radius 1 is 1.64 bits per heavy atom. The maximum absolute atomic E-state index is 11.3. The second kappa shape index (κ2) is 3.42. The topological polar surface area (TPSA) is 49.3 Å². The van der Waals surface area contributed by atoms with Crippen LogP contribution in [0, 0.1) is 5.92 Å². The van der Waals surface area contributed by atoms with Gasteiger partial charge in [-0.2, -0.15) is 0 Å². The highest BCUT2D eigenvalue weighted by Crippen LogP contribution is 2.28. The molecule has 1 heterocycles. The zero-order chi connectivity index (χ0) is 10.1. The highest BCUT2D eigenvalue weighted by molar-refractivity contribution is 5.95. The summed E-state index contributed by atoms with van der Waals surface area (Å²) in [4.78, 5) is 11.3. The van der Waals surface area contributed by atoms with E-state index in [4.69, 9.17) is 5.11 Å². The standard InChI is InChI=1S/C11H13NO2/c1-7(14)9-3-2-4-11-10(9)5-8(6-13)12-11/h2-5,10-13H,6H2,1H3. The van der Waals surface area contributed by atoms with E-state index in [1.807, 2.05) is 24.3 Å². The Bertz CT molecular complexity index is 352. The van der Waals surface area contributed by atoms with Gasteiger partial charge in [-0.1, -0.05) is 24.3 Å². The summed E-state index contributed by atoms with van der Waals surface area (Å²) in [6.45, 7) is 1.58. The predicted octanol–water partition coefficient (Wildman–Crippen LogP) is 0.536. The van der Waals surface area contributed by atoms with E-state index in [0.717, 1.165) is 11.3 Å². The van der Waals surface area contributed by atoms with Crippen LogP contribution in [0.3, 0.4) is 0 Å². The van der Waals surface area contributed by atoms with Crippen LogP contribution in [-0.2, 0) is 4.79 Å². The molecule has 2 unspecified atom stereocenters. The number of carbonyl (C=O) groups excluding carboxylic acids is 1. The van der Waals surface area contributed by atoms with Gasteiger partial charge in [0.05, 0.1) is 12.6 Å². The smallest absolute Gasteiger partial charge is 0.156 e. The molecule has 14 heavy (non-hydrogen) atoms. The van der Waals surface area contributed by atoms with Gasteiger partial charge in [-0.3, -0.25) is 4.79 Å². The van der Waals surface area contributed by atoms with Crippen LogP contribution < -0.4 is 5.32 Å². The Balaban J connectivity index is 2.29. The number of aliphatic hydroxyl groups is 1. The summed E-state index contributed by atoms with van der Waals surface area (Å²) in [5.74, 6) is 0.196. The van der Waals surface area contributed by atoms with Crippen LogP contribution in [0.2, 0.25) is 0 Å². The number of carbonyl (C=O) groups is 1. The lowest BCUT2D eigenvalue weighted by molar-refractivity contribution is -0.114. The minimum absolute atomic E-state index is 0.00598. The fourth-order valence-corrected chi connectivity index (χ4v) is 1.96. The molecule has 3 heteroatoms. The monoisotopic (exact) mass is 191 g/mol. The number of nitrogens with one attached hydrogen (secondary N) is 1. The van der Waals surface area contributed by atoms with Crippen molar-refractivity contribution in [3.63, 3.8) is 0 Å². The third-order valence-electron chi connectivity index (χ3n) is 2.65. The van der Waals surface area contributed by atoms with Crippen molar-refractivity contribution < 1.29 is 9.90 Å². The summed E-state index contributed by atoms with van der Waals surface area (Å²) in [6.07, 6.45) is 7.68. The summed E-state index contributed by atoms with van der Waals surface area (Å²) in [7, 11) is 0. The first-order valence-electron chi connectivity index (χ1n) is 4.70. The fraction of sp³-hybridized carbons (Fsp3) is 0.364. The molecule has 2 atom stereocenters. The molecule has 0 aromatic carbocycles. The first-order valence-corrected chi connectivity index (χ1v) is 4.70. The number of ketones is 1. The maximum Gasteiger partial charge on any atom is 0.156 e. The van der Waals surface area contributed by atoms with Crippen molar-refractivity contribution in [2.45, 2.75) is 13.0 Å². The molecule has 0 amide bonds. The second-order valence-electron chi connectivity index (χ2n) is 3.61. The molecule has 0 aromatic heterocycles. The molecule has 0 bridgehead atoms. The molecule has 0 fully saturated rings. The summed E-state index contributed by atoms with van der Waals surface area (Å²) in [6, 6.07) is 0.140. The molecule has 1 aliphatic carbocycles. The van der Waals surface area contributed by atoms with Crippen LogP contribution in [0.4, 0.5) is 0 Å². The van der Waals surface area contributed by atoms with Crippen molar-refractivity contribution in [2.24, 2.45) is 5.92 Å². The lowest BCUT2D eigenvalue weighted by Crippen LogP contribution is -2.30. The summed E-state index contributed by atoms with van der Waals surface area (Å²) in [5.41, 5.74) is 1.62. The van der Waals surface area contributed by atoms with Crippen LogP contribution in [0.15, 0.2) is 35.6 Å². The van der Waals surface area contributed by atoms with Crippen LogP contribution in [0.1, 0.15) is 6.92 Å². The molecule has 0 saturated heterocycles. The van der Waals surface area contributed by atoms with E-state index < -0.39 is 0 Å². The average Bonchev–Trinajstić information content (AvgIpc) is 2.59. The van der Waals surface area contributed by atoms with E-state index in [-0.39, 0.29) is 24.3 Å². The Hall–Kier alpha value is -1.35. The molecule has 0 saturated carbocycles. The largest absolute Gasteiger partial charge is 0.390 e. The fourth-order valence-electron chi connectivity index (χ4n) is 1.96. The third-order valence-corrected chi connectivity index (χ3v) is 2.65. The van der Waals surface area contributed by atoms with Crippen molar-refractivity contribution in [1.82, 2.24) is 5.32 Å². The van der Waals surface area contributed by atoms with Gasteiger partial charge in [0, 0.05) is 17.2 Å². The van der Waals surface area contributed by atoms with Crippen molar-refractivity contribution in [2.75, 3.05) is 6.61 Å². The number of rotatable bonds is 2. The number of Topliss-reactive ketones (excluding diaryl/α,β-unsaturated/α-hetero) is 1. The van der Waals surface area contributed by atoms with Gasteiger partial charge in [-0.15, -0.1) is 0 Å². The molecule has 0 radical (unpaired) electrons. The minimum Gasteiger partial charge on any atom is -0.390 e. The van der Waals surface area contributed by atoms with Gasteiger partial charge in [-0.05, 0) is 6.92 Å². The van der Waals surface area contributed by atoms with E-state index in [2.05, 4.69) is 5.32 Å². The second-order valence-corrected chi connectivity index (χ2v) is 3.61. The number of fused-ring (bicyclic) bond motifs is 1. The molecule has 3 nitrogen and oxygen atoms in total. The van der Waals surface area contributed by atoms with Crippen molar-refractivity contribution in [3.8, 4) is 0 Å². The minimum atomic E-state index is 0.00598. The van der Waals surface area contributed by atoms with Gasteiger partial charge < -0.3 is 10.4 Å². The Morgan fingerprint density at radius 3 is 3.07 bits per heavy atom. The van der Waals surface area contributed by atoms with Gasteiger partial charge in [0.25, 0.3) is 0 Å². The highest BCUT2D eigenvalue weighted by Gasteiger charge is 2.30. The molecule has 1 aliphatic heterocycles. The maximum atomic E-state index is 11.3. The first-order chi connectivity index (χ1) is 6.72. The third kappa shape index (κ3) is 1.40. The van der Waals surface area contributed by atoms with Crippen molar-refractivity contribution in [1.29, 1.82) is 0 Å². The summed E-state index contributed by atoms with van der Waals surface area (Å²) in [5, 5.41) is 12.1. The quantitative estimate of drug-likeness (QED) is 0.669. The Morgan fingerprint density at radius 2 is 2.43 bits per heavy atom. The lowest BCUT2D eigenvalue weighted by Gasteiger charge is -2.21. The van der Waals surface area contributed by atoms with Gasteiger partial charge in [-0.25, -0.2) is 0 Å². The molecular formula is C11H13NO2. The molecule has 2 aliphatic rings. The SMILES string of the molecule is CC(=O)C1=CC=CC2NC(CO)=CC12. The molecule has 74 valence electrons. The van der Waals surface area contributed by atoms with Gasteiger partial charge in [0.1, 0.15) is 0 Å². The average molecular weight is 191 g/mol. The van der Waals surface area contributed by atoms with Crippen LogP contribution in [0.5, 0.6) is 0 Å². The van der Waals surface area contributed by atoms with Crippen molar-refractivity contribution >= 4 is 5.78 Å². The number of hydrogen-bond donors (Lipinski definition) is 2. The molecule has 0 aromatic rings. The molecule has 2 N–H and O–H groups in total. The number of aliphatic hydroxyl groups excluding tert-OH is 1. The summed E-state index contributed by atoms with van der Waals surface area (Å²) >= 11 is 0. The van der Waals surface area contributed by atoms with Gasteiger partial charge in [0.2, 0.25) is 0 Å². The van der Waals surface area contributed by atoms with Crippen LogP contribution >= 0.6 is 0 Å². The first kappa shape index (κ1) is 9.21. The summed E-state index contributed by atoms with van der Waals surface area (Å²) < 4.78 is 0. The van der Waals surface area contributed by atoms with E-state index >= 15 is 0 Å². The van der Waals surface area contributed by atoms with Gasteiger partial charge >= 0.3 is 0 Å². The van der Waals surface area contributed by atoms with E-state index in [0.29, 0.717) is 0 Å². The Kier molecular flexibility index (Phi) is 2.25. The molecule has 0 spiro atoms. The van der Waals surface area contributed by atoms with Crippen LogP contribution in [-0.4, -0.2) is 23.5 Å². The van der Waals surface area contributed by atoms with E-state index in [1.165, 1.54) is 0 Å².